The molecule has 7 rings (SSSR count). The first-order chi connectivity index (χ1) is 30.5. The summed E-state index contributed by atoms with van der Waals surface area (Å²) in [6.07, 6.45) is -47.2. The van der Waals surface area contributed by atoms with E-state index in [1.165, 1.54) is 0 Å². The van der Waals surface area contributed by atoms with E-state index in [4.69, 9.17) is 61.6 Å². The molecule has 64 heavy (non-hydrogen) atoms. The lowest BCUT2D eigenvalue weighted by atomic mass is 10.0. The Morgan fingerprint density at radius 1 is 0.312 bits per heavy atom. The van der Waals surface area contributed by atoms with Crippen LogP contribution >= 0.6 is 0 Å². The molecule has 7 aliphatic heterocycles. The van der Waals surface area contributed by atoms with Crippen LogP contribution in [0.25, 0.3) is 0 Å². The SMILES string of the molecule is OC[C@@H]1O[C@@H](O[C@@H]2[C@@H](O)[C@H](O[C@@H]3CO[C@@H](O[C@@H]4CO[C@@H](O[C@@H]5COC(O)[C@H](O)[C@H]5O)[C@H](O)[C@H]4O)[C@H](O[C@@H]4O[C@@H](CO)[C@H](O)[C@H]4O)[C@H]3O[C@@H]3O[C@@H](CO)[C@H](O)[C@H]3O)OC[C@H]2O)[C@H](O)[C@H]1O. The number of rotatable bonds is 15. The lowest BCUT2D eigenvalue weighted by molar-refractivity contribution is -0.384. The maximum atomic E-state index is 11.4. The minimum Gasteiger partial charge on any atom is -0.394 e. The minimum atomic E-state index is -1.94. The molecule has 7 saturated heterocycles. The predicted octanol–water partition coefficient (Wildman–Crippen LogP) is -11.8. The van der Waals surface area contributed by atoms with E-state index in [0.29, 0.717) is 0 Å². The van der Waals surface area contributed by atoms with Crippen LogP contribution in [0.15, 0.2) is 0 Å². The number of aliphatic hydroxyl groups excluding tert-OH is 16. The maximum absolute atomic E-state index is 11.4. The minimum absolute atomic E-state index is 0.442. The number of ether oxygens (including phenoxy) is 13. The Kier molecular flexibility index (Phi) is 17.1. The first-order valence-corrected chi connectivity index (χ1v) is 20.5. The fourth-order valence-electron chi connectivity index (χ4n) is 8.17. The highest BCUT2D eigenvalue weighted by Gasteiger charge is 2.56. The van der Waals surface area contributed by atoms with Crippen molar-refractivity contribution >= 4 is 0 Å². The van der Waals surface area contributed by atoms with Crippen LogP contribution in [0.3, 0.4) is 0 Å². The van der Waals surface area contributed by atoms with Crippen molar-refractivity contribution in [3.63, 3.8) is 0 Å². The Labute approximate surface area is 361 Å². The molecule has 0 bridgehead atoms. The highest BCUT2D eigenvalue weighted by atomic mass is 16.8. The first-order valence-electron chi connectivity index (χ1n) is 20.5. The third kappa shape index (κ3) is 10.4. The average Bonchev–Trinajstić information content (AvgIpc) is 3.83. The fraction of sp³-hybridized carbons (Fsp3) is 1.00. The second kappa shape index (κ2) is 21.6. The van der Waals surface area contributed by atoms with Crippen LogP contribution in [0.5, 0.6) is 0 Å². The van der Waals surface area contributed by atoms with Gasteiger partial charge in [-0.3, -0.25) is 0 Å². The van der Waals surface area contributed by atoms with Crippen LogP contribution in [-0.4, -0.2) is 300 Å². The van der Waals surface area contributed by atoms with Gasteiger partial charge in [0, 0.05) is 0 Å². The van der Waals surface area contributed by atoms with Crippen molar-refractivity contribution in [2.24, 2.45) is 0 Å². The Morgan fingerprint density at radius 3 is 1.20 bits per heavy atom. The van der Waals surface area contributed by atoms with Crippen LogP contribution in [0, 0.1) is 0 Å². The van der Waals surface area contributed by atoms with Gasteiger partial charge in [0.15, 0.2) is 44.0 Å². The Hall–Kier alpha value is -1.16. The summed E-state index contributed by atoms with van der Waals surface area (Å²) in [6.45, 7) is -4.53. The van der Waals surface area contributed by atoms with Crippen molar-refractivity contribution < 1.29 is 143 Å². The molecule has 28 atom stereocenters. The van der Waals surface area contributed by atoms with Gasteiger partial charge in [-0.2, -0.15) is 0 Å². The molecular formula is C35H58O29. The Bertz CT molecular complexity index is 1460. The number of hydrogen-bond donors (Lipinski definition) is 16. The molecule has 0 aromatic carbocycles. The van der Waals surface area contributed by atoms with E-state index in [-0.39, 0.29) is 0 Å². The van der Waals surface area contributed by atoms with E-state index in [2.05, 4.69) is 0 Å². The van der Waals surface area contributed by atoms with Crippen LogP contribution in [0.1, 0.15) is 0 Å². The highest BCUT2D eigenvalue weighted by Crippen LogP contribution is 2.37. The Balaban J connectivity index is 1.13. The van der Waals surface area contributed by atoms with Crippen molar-refractivity contribution in [2.45, 2.75) is 172 Å². The number of aliphatic hydroxyl groups is 16. The van der Waals surface area contributed by atoms with Crippen molar-refractivity contribution in [3.8, 4) is 0 Å². The zero-order valence-corrected chi connectivity index (χ0v) is 33.6. The van der Waals surface area contributed by atoms with E-state index >= 15 is 0 Å². The quantitative estimate of drug-likeness (QED) is 0.0725. The topological polar surface area (TPSA) is 444 Å². The van der Waals surface area contributed by atoms with Crippen molar-refractivity contribution in [2.75, 3.05) is 46.2 Å². The average molecular weight is 943 g/mol. The molecule has 7 heterocycles. The van der Waals surface area contributed by atoms with E-state index in [9.17, 15) is 81.7 Å². The van der Waals surface area contributed by atoms with E-state index in [0.717, 1.165) is 0 Å². The van der Waals surface area contributed by atoms with Crippen LogP contribution in [-0.2, 0) is 61.6 Å². The third-order valence-electron chi connectivity index (χ3n) is 12.0. The van der Waals surface area contributed by atoms with Crippen LogP contribution in [0.2, 0.25) is 0 Å². The molecule has 0 aromatic rings. The molecule has 1 unspecified atom stereocenters. The fourth-order valence-corrected chi connectivity index (χ4v) is 8.17. The molecule has 0 radical (unpaired) electrons. The van der Waals surface area contributed by atoms with E-state index in [1.54, 1.807) is 0 Å². The summed E-state index contributed by atoms with van der Waals surface area (Å²) in [5, 5.41) is 167. The highest BCUT2D eigenvalue weighted by molar-refractivity contribution is 4.97. The summed E-state index contributed by atoms with van der Waals surface area (Å²) in [4.78, 5) is 0. The molecule has 372 valence electrons. The second-order valence-corrected chi connectivity index (χ2v) is 16.3. The van der Waals surface area contributed by atoms with Gasteiger partial charge in [0.2, 0.25) is 0 Å². The van der Waals surface area contributed by atoms with Gasteiger partial charge in [-0.25, -0.2) is 0 Å². The van der Waals surface area contributed by atoms with Gasteiger partial charge >= 0.3 is 0 Å². The summed E-state index contributed by atoms with van der Waals surface area (Å²) in [7, 11) is 0. The van der Waals surface area contributed by atoms with Crippen molar-refractivity contribution in [1.82, 2.24) is 0 Å². The molecule has 0 aromatic heterocycles. The van der Waals surface area contributed by atoms with Gasteiger partial charge in [-0.05, 0) is 0 Å². The molecular weight excluding hydrogens is 884 g/mol. The van der Waals surface area contributed by atoms with Crippen LogP contribution < -0.4 is 0 Å². The largest absolute Gasteiger partial charge is 0.394 e. The summed E-state index contributed by atoms with van der Waals surface area (Å²) in [5.74, 6) is 0. The van der Waals surface area contributed by atoms with Gasteiger partial charge in [0.1, 0.15) is 128 Å². The molecule has 7 aliphatic rings. The smallest absolute Gasteiger partial charge is 0.187 e. The zero-order valence-electron chi connectivity index (χ0n) is 33.6. The molecule has 0 aliphatic carbocycles. The summed E-state index contributed by atoms with van der Waals surface area (Å²) >= 11 is 0. The number of hydrogen-bond acceptors (Lipinski definition) is 29. The molecule has 0 spiro atoms. The summed E-state index contributed by atoms with van der Waals surface area (Å²) in [5.41, 5.74) is 0. The third-order valence-corrected chi connectivity index (χ3v) is 12.0. The van der Waals surface area contributed by atoms with E-state index in [1.807, 2.05) is 0 Å². The molecule has 0 amide bonds. The molecule has 29 nitrogen and oxygen atoms in total. The van der Waals surface area contributed by atoms with Crippen molar-refractivity contribution in [3.05, 3.63) is 0 Å². The Morgan fingerprint density at radius 2 is 0.688 bits per heavy atom. The van der Waals surface area contributed by atoms with Gasteiger partial charge in [-0.1, -0.05) is 0 Å². The normalized spacial score (nSPS) is 53.8. The van der Waals surface area contributed by atoms with Gasteiger partial charge in [-0.15, -0.1) is 0 Å². The standard InChI is InChI=1S/C35H58O29/c36-1-9-15(40)22(47)32(56-9)62-26-8(39)4-53-31(25(26)50)61-14-7-55-35(60-13-6-54-30(21(46)19(13)44)59-12-5-52-29(51)20(45)18(12)43)28(64-34-24(49)17(42)11(3-38)58-34)27(14)63-33-23(48)16(41)10(2-37)57-33/h8-51H,1-7H2/t8-,9+,10+,11+,12-,13-,14-,15+,16+,17+,18+,19+,20-,21-,22-,23-,24-,25-,26+,27+,28-,29?,30+,31+,32+,33+,34+,35+/m1/s1. The first kappa shape index (κ1) is 50.7. The van der Waals surface area contributed by atoms with Gasteiger partial charge in [0.05, 0.1) is 46.2 Å². The molecule has 16 N–H and O–H groups in total. The maximum Gasteiger partial charge on any atom is 0.187 e. The van der Waals surface area contributed by atoms with Crippen LogP contribution in [0.4, 0.5) is 0 Å². The lowest BCUT2D eigenvalue weighted by Gasteiger charge is -2.47. The summed E-state index contributed by atoms with van der Waals surface area (Å²) < 4.78 is 74.0. The van der Waals surface area contributed by atoms with Crippen molar-refractivity contribution in [1.29, 1.82) is 0 Å². The monoisotopic (exact) mass is 942 g/mol. The molecule has 29 heteroatoms. The van der Waals surface area contributed by atoms with Gasteiger partial charge < -0.3 is 143 Å². The second-order valence-electron chi connectivity index (χ2n) is 16.3. The zero-order chi connectivity index (χ0) is 46.3. The predicted molar refractivity (Wildman–Crippen MR) is 190 cm³/mol. The van der Waals surface area contributed by atoms with E-state index < -0.39 is 218 Å². The molecule has 0 saturated carbocycles. The van der Waals surface area contributed by atoms with Gasteiger partial charge in [0.25, 0.3) is 0 Å². The summed E-state index contributed by atoms with van der Waals surface area (Å²) in [6, 6.07) is 0. The molecule has 7 fully saturated rings. The lowest BCUT2D eigenvalue weighted by Crippen LogP contribution is -2.64.